The molecule has 1 fully saturated rings. The summed E-state index contributed by atoms with van der Waals surface area (Å²) in [5, 5.41) is 0.521. The van der Waals surface area contributed by atoms with Crippen molar-refractivity contribution in [3.05, 3.63) is 38.6 Å². The van der Waals surface area contributed by atoms with E-state index < -0.39 is 0 Å². The molecular weight excluding hydrogens is 360 g/mol. The zero-order valence-electron chi connectivity index (χ0n) is 13.0. The average Bonchev–Trinajstić information content (AvgIpc) is 3.35. The van der Waals surface area contributed by atoms with Gasteiger partial charge in [0, 0.05) is 30.2 Å². The van der Waals surface area contributed by atoms with E-state index in [1.807, 2.05) is 24.6 Å². The van der Waals surface area contributed by atoms with E-state index in [-0.39, 0.29) is 23.7 Å². The van der Waals surface area contributed by atoms with Crippen LogP contribution < -0.4 is 10.3 Å². The summed E-state index contributed by atoms with van der Waals surface area (Å²) in [6.45, 7) is 1.94. The van der Waals surface area contributed by atoms with Crippen molar-refractivity contribution in [3.8, 4) is 0 Å². The SMILES string of the molecule is Cc1cc2c(cc1N(C=O)CC(=O)C1CC1)c(=O)c(Br)cn2C. The molecule has 0 aliphatic heterocycles. The van der Waals surface area contributed by atoms with Crippen LogP contribution in [0.25, 0.3) is 10.9 Å². The van der Waals surface area contributed by atoms with Crippen LogP contribution in [-0.4, -0.2) is 23.3 Å². The van der Waals surface area contributed by atoms with E-state index in [0.29, 0.717) is 22.0 Å². The number of rotatable bonds is 5. The van der Waals surface area contributed by atoms with Gasteiger partial charge in [-0.05, 0) is 53.4 Å². The molecule has 1 aromatic heterocycles. The van der Waals surface area contributed by atoms with Crippen LogP contribution in [0.3, 0.4) is 0 Å². The third-order valence-electron chi connectivity index (χ3n) is 4.26. The fraction of sp³-hybridized carbons (Fsp3) is 0.353. The van der Waals surface area contributed by atoms with Crippen LogP contribution >= 0.6 is 15.9 Å². The van der Waals surface area contributed by atoms with E-state index >= 15 is 0 Å². The van der Waals surface area contributed by atoms with Crippen LogP contribution in [0.1, 0.15) is 18.4 Å². The highest BCUT2D eigenvalue weighted by Crippen LogP contribution is 2.31. The summed E-state index contributed by atoms with van der Waals surface area (Å²) in [6, 6.07) is 3.57. The van der Waals surface area contributed by atoms with Gasteiger partial charge in [0.05, 0.1) is 16.5 Å². The minimum atomic E-state index is -0.126. The Bertz CT molecular complexity index is 868. The molecule has 2 aromatic rings. The average molecular weight is 377 g/mol. The maximum Gasteiger partial charge on any atom is 0.214 e. The monoisotopic (exact) mass is 376 g/mol. The predicted molar refractivity (Wildman–Crippen MR) is 92.8 cm³/mol. The van der Waals surface area contributed by atoms with Crippen molar-refractivity contribution < 1.29 is 9.59 Å². The number of Topliss-reactive ketones (excluding diaryl/α,β-unsaturated/α-hetero) is 1. The van der Waals surface area contributed by atoms with Crippen LogP contribution in [0.4, 0.5) is 5.69 Å². The molecule has 1 aliphatic rings. The first-order chi connectivity index (χ1) is 10.9. The minimum absolute atomic E-state index is 0.0643. The number of aryl methyl sites for hydroxylation is 2. The second-order valence-corrected chi connectivity index (χ2v) is 6.90. The first-order valence-electron chi connectivity index (χ1n) is 7.46. The Kier molecular flexibility index (Phi) is 4.10. The highest BCUT2D eigenvalue weighted by molar-refractivity contribution is 9.10. The molecule has 0 radical (unpaired) electrons. The number of hydrogen-bond donors (Lipinski definition) is 0. The molecule has 0 spiro atoms. The number of benzene rings is 1. The molecule has 0 bridgehead atoms. The Labute approximate surface area is 142 Å². The number of carbonyl (C=O) groups excluding carboxylic acids is 2. The quantitative estimate of drug-likeness (QED) is 0.753. The molecule has 120 valence electrons. The number of nitrogens with zero attached hydrogens (tertiary/aromatic N) is 2. The summed E-state index contributed by atoms with van der Waals surface area (Å²) >= 11 is 3.26. The lowest BCUT2D eigenvalue weighted by Gasteiger charge is -2.20. The van der Waals surface area contributed by atoms with E-state index in [9.17, 15) is 14.4 Å². The number of ketones is 1. The van der Waals surface area contributed by atoms with Crippen LogP contribution in [0.15, 0.2) is 27.6 Å². The Morgan fingerprint density at radius 3 is 2.74 bits per heavy atom. The molecule has 0 N–H and O–H groups in total. The lowest BCUT2D eigenvalue weighted by atomic mass is 10.1. The summed E-state index contributed by atoms with van der Waals surface area (Å²) in [7, 11) is 1.86. The molecule has 5 nitrogen and oxygen atoms in total. The van der Waals surface area contributed by atoms with Crippen molar-refractivity contribution in [2.75, 3.05) is 11.4 Å². The second kappa shape index (κ2) is 5.92. The molecule has 23 heavy (non-hydrogen) atoms. The zero-order valence-corrected chi connectivity index (χ0v) is 14.6. The molecule has 1 heterocycles. The Morgan fingerprint density at radius 2 is 2.13 bits per heavy atom. The van der Waals surface area contributed by atoms with Crippen molar-refractivity contribution in [1.29, 1.82) is 0 Å². The first kappa shape index (κ1) is 15.9. The van der Waals surface area contributed by atoms with Gasteiger partial charge >= 0.3 is 0 Å². The molecule has 1 aromatic carbocycles. The number of anilines is 1. The van der Waals surface area contributed by atoms with Crippen LogP contribution in [0.2, 0.25) is 0 Å². The summed E-state index contributed by atoms with van der Waals surface area (Å²) in [6.07, 6.45) is 4.21. The second-order valence-electron chi connectivity index (χ2n) is 6.05. The van der Waals surface area contributed by atoms with Gasteiger partial charge < -0.3 is 9.47 Å². The van der Waals surface area contributed by atoms with Gasteiger partial charge in [-0.2, -0.15) is 0 Å². The maximum atomic E-state index is 12.4. The zero-order chi connectivity index (χ0) is 16.7. The van der Waals surface area contributed by atoms with Gasteiger partial charge in [-0.25, -0.2) is 0 Å². The number of carbonyl (C=O) groups is 2. The van der Waals surface area contributed by atoms with Gasteiger partial charge in [0.15, 0.2) is 5.78 Å². The van der Waals surface area contributed by atoms with Crippen LogP contribution in [0, 0.1) is 12.8 Å². The summed E-state index contributed by atoms with van der Waals surface area (Å²) in [5.41, 5.74) is 2.12. The lowest BCUT2D eigenvalue weighted by Crippen LogP contribution is -2.30. The van der Waals surface area contributed by atoms with Gasteiger partial charge in [-0.1, -0.05) is 0 Å². The van der Waals surface area contributed by atoms with Gasteiger partial charge in [0.2, 0.25) is 11.8 Å². The van der Waals surface area contributed by atoms with E-state index in [1.54, 1.807) is 12.3 Å². The van der Waals surface area contributed by atoms with Gasteiger partial charge in [-0.15, -0.1) is 0 Å². The number of aromatic nitrogens is 1. The van der Waals surface area contributed by atoms with Crippen molar-refractivity contribution in [1.82, 2.24) is 4.57 Å². The molecule has 0 atom stereocenters. The van der Waals surface area contributed by atoms with E-state index in [1.165, 1.54) is 4.90 Å². The first-order valence-corrected chi connectivity index (χ1v) is 8.26. The number of halogens is 1. The fourth-order valence-electron chi connectivity index (χ4n) is 2.77. The predicted octanol–water partition coefficient (Wildman–Crippen LogP) is 2.55. The molecule has 1 aliphatic carbocycles. The summed E-state index contributed by atoms with van der Waals surface area (Å²) < 4.78 is 2.33. The Balaban J connectivity index is 2.10. The third kappa shape index (κ3) is 2.95. The smallest absolute Gasteiger partial charge is 0.214 e. The normalized spacial score (nSPS) is 14.0. The fourth-order valence-corrected chi connectivity index (χ4v) is 3.29. The van der Waals surface area contributed by atoms with Crippen molar-refractivity contribution in [2.45, 2.75) is 19.8 Å². The molecule has 1 amide bonds. The standard InChI is InChI=1S/C17H17BrN2O3/c1-10-5-15-12(17(23)13(18)7-19(15)2)6-14(10)20(9-21)8-16(22)11-3-4-11/h5-7,9,11H,3-4,8H2,1-2H3. The number of pyridine rings is 1. The third-order valence-corrected chi connectivity index (χ3v) is 4.82. The van der Waals surface area contributed by atoms with E-state index in [2.05, 4.69) is 15.9 Å². The number of hydrogen-bond acceptors (Lipinski definition) is 3. The summed E-state index contributed by atoms with van der Waals surface area (Å²) in [4.78, 5) is 37.3. The van der Waals surface area contributed by atoms with Crippen LogP contribution in [-0.2, 0) is 16.6 Å². The summed E-state index contributed by atoms with van der Waals surface area (Å²) in [5.74, 6) is 0.180. The Hall–Kier alpha value is -1.95. The molecule has 0 saturated heterocycles. The number of amides is 1. The largest absolute Gasteiger partial charge is 0.349 e. The maximum absolute atomic E-state index is 12.4. The highest BCUT2D eigenvalue weighted by Gasteiger charge is 2.30. The molecule has 6 heteroatoms. The van der Waals surface area contributed by atoms with Crippen molar-refractivity contribution in [3.63, 3.8) is 0 Å². The number of fused-ring (bicyclic) bond motifs is 1. The molecule has 0 unspecified atom stereocenters. The Morgan fingerprint density at radius 1 is 1.43 bits per heavy atom. The highest BCUT2D eigenvalue weighted by atomic mass is 79.9. The lowest BCUT2D eigenvalue weighted by molar-refractivity contribution is -0.120. The van der Waals surface area contributed by atoms with Crippen molar-refractivity contribution >= 4 is 44.7 Å². The molecular formula is C17H17BrN2O3. The van der Waals surface area contributed by atoms with Gasteiger partial charge in [0.25, 0.3) is 0 Å². The van der Waals surface area contributed by atoms with Gasteiger partial charge in [0.1, 0.15) is 0 Å². The van der Waals surface area contributed by atoms with E-state index in [0.717, 1.165) is 23.9 Å². The molecule has 1 saturated carbocycles. The topological polar surface area (TPSA) is 59.4 Å². The van der Waals surface area contributed by atoms with E-state index in [4.69, 9.17) is 0 Å². The van der Waals surface area contributed by atoms with Gasteiger partial charge in [-0.3, -0.25) is 14.4 Å². The minimum Gasteiger partial charge on any atom is -0.349 e. The van der Waals surface area contributed by atoms with Crippen molar-refractivity contribution in [2.24, 2.45) is 13.0 Å². The molecule has 3 rings (SSSR count). The van der Waals surface area contributed by atoms with Crippen LogP contribution in [0.5, 0.6) is 0 Å².